The molecule has 5 heteroatoms. The van der Waals surface area contributed by atoms with E-state index in [1.54, 1.807) is 0 Å². The maximum absolute atomic E-state index is 6.70. The molecular formula is C49H29N3O2. The SMILES string of the molecule is c1ccc(-c2ccc(-c3nc(-c4ccc5c(c4)oc4ccccc45)nc(-c4cc5ccc(-c6ccccc6)cc5c5oc6ccccc6c45)n3)cc2)cc1. The van der Waals surface area contributed by atoms with Gasteiger partial charge in [0.15, 0.2) is 17.5 Å². The number of para-hydroxylation sites is 2. The molecule has 0 aliphatic carbocycles. The third-order valence-electron chi connectivity index (χ3n) is 10.3. The molecule has 54 heavy (non-hydrogen) atoms. The van der Waals surface area contributed by atoms with E-state index < -0.39 is 0 Å². The minimum absolute atomic E-state index is 0.560. The molecule has 8 aromatic carbocycles. The first-order valence-corrected chi connectivity index (χ1v) is 18.0. The summed E-state index contributed by atoms with van der Waals surface area (Å²) in [7, 11) is 0. The van der Waals surface area contributed by atoms with Crippen LogP contribution in [0, 0.1) is 0 Å². The fraction of sp³-hybridized carbons (Fsp3) is 0. The van der Waals surface area contributed by atoms with Crippen molar-refractivity contribution in [3.8, 4) is 56.4 Å². The number of hydrogen-bond acceptors (Lipinski definition) is 5. The zero-order valence-corrected chi connectivity index (χ0v) is 28.9. The van der Waals surface area contributed by atoms with Crippen LogP contribution >= 0.6 is 0 Å². The van der Waals surface area contributed by atoms with Crippen LogP contribution in [0.15, 0.2) is 185 Å². The molecule has 0 saturated carbocycles. The van der Waals surface area contributed by atoms with E-state index in [2.05, 4.69) is 121 Å². The van der Waals surface area contributed by atoms with Crippen LogP contribution in [0.2, 0.25) is 0 Å². The Balaban J connectivity index is 1.15. The maximum atomic E-state index is 6.70. The Labute approximate surface area is 309 Å². The predicted molar refractivity (Wildman–Crippen MR) is 219 cm³/mol. The summed E-state index contributed by atoms with van der Waals surface area (Å²) >= 11 is 0. The third kappa shape index (κ3) is 4.98. The molecule has 0 atom stereocenters. The number of hydrogen-bond donors (Lipinski definition) is 0. The zero-order chi connectivity index (χ0) is 35.6. The molecule has 0 fully saturated rings. The molecule has 3 heterocycles. The first-order chi connectivity index (χ1) is 26.7. The highest BCUT2D eigenvalue weighted by Crippen LogP contribution is 2.42. The minimum Gasteiger partial charge on any atom is -0.456 e. The van der Waals surface area contributed by atoms with E-state index in [1.807, 2.05) is 54.6 Å². The van der Waals surface area contributed by atoms with Gasteiger partial charge in [-0.3, -0.25) is 0 Å². The van der Waals surface area contributed by atoms with Crippen molar-refractivity contribution in [1.82, 2.24) is 15.0 Å². The topological polar surface area (TPSA) is 65.0 Å². The third-order valence-corrected chi connectivity index (χ3v) is 10.3. The van der Waals surface area contributed by atoms with Crippen molar-refractivity contribution in [1.29, 1.82) is 0 Å². The average Bonchev–Trinajstić information content (AvgIpc) is 3.83. The second-order valence-electron chi connectivity index (χ2n) is 13.6. The van der Waals surface area contributed by atoms with Crippen LogP contribution < -0.4 is 0 Å². The van der Waals surface area contributed by atoms with E-state index >= 15 is 0 Å². The maximum Gasteiger partial charge on any atom is 0.164 e. The van der Waals surface area contributed by atoms with Crippen molar-refractivity contribution in [3.63, 3.8) is 0 Å². The summed E-state index contributed by atoms with van der Waals surface area (Å²) in [4.78, 5) is 15.6. The van der Waals surface area contributed by atoms with Gasteiger partial charge >= 0.3 is 0 Å². The first kappa shape index (κ1) is 30.3. The molecule has 252 valence electrons. The lowest BCUT2D eigenvalue weighted by Crippen LogP contribution is -2.00. The molecule has 11 aromatic rings. The monoisotopic (exact) mass is 691 g/mol. The Morgan fingerprint density at radius 2 is 0.852 bits per heavy atom. The highest BCUT2D eigenvalue weighted by molar-refractivity contribution is 6.21. The molecule has 0 unspecified atom stereocenters. The summed E-state index contributed by atoms with van der Waals surface area (Å²) in [5.41, 5.74) is 10.4. The summed E-state index contributed by atoms with van der Waals surface area (Å²) in [5.74, 6) is 1.71. The van der Waals surface area contributed by atoms with Crippen LogP contribution in [0.1, 0.15) is 0 Å². The van der Waals surface area contributed by atoms with E-state index in [0.717, 1.165) is 93.6 Å². The molecule has 0 N–H and O–H groups in total. The minimum atomic E-state index is 0.560. The fourth-order valence-electron chi connectivity index (χ4n) is 7.66. The van der Waals surface area contributed by atoms with Crippen molar-refractivity contribution in [2.24, 2.45) is 0 Å². The number of furan rings is 2. The van der Waals surface area contributed by atoms with Crippen molar-refractivity contribution in [3.05, 3.63) is 176 Å². The van der Waals surface area contributed by atoms with Gasteiger partial charge < -0.3 is 8.83 Å². The molecule has 0 amide bonds. The number of nitrogens with zero attached hydrogens (tertiary/aromatic N) is 3. The molecule has 0 aliphatic heterocycles. The molecule has 5 nitrogen and oxygen atoms in total. The second kappa shape index (κ2) is 12.1. The summed E-state index contributed by atoms with van der Waals surface area (Å²) < 4.78 is 13.0. The molecule has 3 aromatic heterocycles. The van der Waals surface area contributed by atoms with Crippen molar-refractivity contribution < 1.29 is 8.83 Å². The summed E-state index contributed by atoms with van der Waals surface area (Å²) in [6, 6.07) is 60.5. The Bertz CT molecular complexity index is 3200. The van der Waals surface area contributed by atoms with Gasteiger partial charge in [-0.05, 0) is 64.0 Å². The quantitative estimate of drug-likeness (QED) is 0.180. The number of fused-ring (bicyclic) bond motifs is 8. The van der Waals surface area contributed by atoms with E-state index in [9.17, 15) is 0 Å². The molecule has 11 rings (SSSR count). The zero-order valence-electron chi connectivity index (χ0n) is 28.9. The lowest BCUT2D eigenvalue weighted by molar-refractivity contribution is 0.669. The molecule has 0 radical (unpaired) electrons. The number of rotatable bonds is 5. The number of aromatic nitrogens is 3. The van der Waals surface area contributed by atoms with Crippen LogP contribution in [-0.2, 0) is 0 Å². The van der Waals surface area contributed by atoms with Gasteiger partial charge in [-0.15, -0.1) is 0 Å². The van der Waals surface area contributed by atoms with E-state index in [4.69, 9.17) is 23.8 Å². The van der Waals surface area contributed by atoms with Crippen LogP contribution in [0.3, 0.4) is 0 Å². The van der Waals surface area contributed by atoms with E-state index in [1.165, 1.54) is 0 Å². The molecule has 0 bridgehead atoms. The second-order valence-corrected chi connectivity index (χ2v) is 13.6. The summed E-state index contributed by atoms with van der Waals surface area (Å²) in [6.45, 7) is 0. The Morgan fingerprint density at radius 1 is 0.315 bits per heavy atom. The van der Waals surface area contributed by atoms with Crippen LogP contribution in [0.25, 0.3) is 111 Å². The van der Waals surface area contributed by atoms with Crippen molar-refractivity contribution >= 4 is 54.6 Å². The summed E-state index contributed by atoms with van der Waals surface area (Å²) in [5, 5.41) is 6.18. The standard InChI is InChI=1S/C49H29N3O2/c1-3-11-30(12-4-1)32-19-21-33(22-20-32)47-50-48(36-25-26-38-37-15-7-9-17-42(37)53-44(38)29-36)52-49(51-47)41-28-35-24-23-34(31-13-5-2-6-14-31)27-40(35)46-45(41)39-16-8-10-18-43(39)54-46/h1-29H. The Hall–Kier alpha value is -7.37. The van der Waals surface area contributed by atoms with E-state index in [-0.39, 0.29) is 0 Å². The molecule has 0 spiro atoms. The molecule has 0 saturated heterocycles. The van der Waals surface area contributed by atoms with Gasteiger partial charge in [0.05, 0.1) is 0 Å². The van der Waals surface area contributed by atoms with Gasteiger partial charge in [0.25, 0.3) is 0 Å². The fourth-order valence-corrected chi connectivity index (χ4v) is 7.66. The van der Waals surface area contributed by atoms with Gasteiger partial charge in [0.1, 0.15) is 22.3 Å². The highest BCUT2D eigenvalue weighted by Gasteiger charge is 2.21. The smallest absolute Gasteiger partial charge is 0.164 e. The van der Waals surface area contributed by atoms with Gasteiger partial charge in [0.2, 0.25) is 0 Å². The first-order valence-electron chi connectivity index (χ1n) is 18.0. The van der Waals surface area contributed by atoms with Gasteiger partial charge in [0, 0.05) is 43.6 Å². The highest BCUT2D eigenvalue weighted by atomic mass is 16.3. The normalized spacial score (nSPS) is 11.7. The molecule has 0 aliphatic rings. The lowest BCUT2D eigenvalue weighted by Gasteiger charge is -2.12. The van der Waals surface area contributed by atoms with Crippen LogP contribution in [0.5, 0.6) is 0 Å². The van der Waals surface area contributed by atoms with Crippen molar-refractivity contribution in [2.45, 2.75) is 0 Å². The summed E-state index contributed by atoms with van der Waals surface area (Å²) in [6.07, 6.45) is 0. The Kier molecular flexibility index (Phi) is 6.79. The van der Waals surface area contributed by atoms with Gasteiger partial charge in [-0.1, -0.05) is 140 Å². The predicted octanol–water partition coefficient (Wildman–Crippen LogP) is 13.2. The average molecular weight is 692 g/mol. The Morgan fingerprint density at radius 3 is 1.61 bits per heavy atom. The van der Waals surface area contributed by atoms with Gasteiger partial charge in [-0.25, -0.2) is 15.0 Å². The van der Waals surface area contributed by atoms with Gasteiger partial charge in [-0.2, -0.15) is 0 Å². The van der Waals surface area contributed by atoms with E-state index in [0.29, 0.717) is 17.5 Å². The van der Waals surface area contributed by atoms with Crippen molar-refractivity contribution in [2.75, 3.05) is 0 Å². The number of benzene rings is 8. The largest absolute Gasteiger partial charge is 0.456 e. The van der Waals surface area contributed by atoms with Crippen LogP contribution in [0.4, 0.5) is 0 Å². The van der Waals surface area contributed by atoms with Crippen LogP contribution in [-0.4, -0.2) is 15.0 Å². The lowest BCUT2D eigenvalue weighted by atomic mass is 9.96. The molecular weight excluding hydrogens is 663 g/mol.